The molecule has 6 N–H and O–H groups in total. The Kier molecular flexibility index (Phi) is 28.6. The topological polar surface area (TPSA) is 242 Å². The first kappa shape index (κ1) is 79.6. The van der Waals surface area contributed by atoms with E-state index in [1.165, 1.54) is 48.5 Å². The molecule has 0 atom stereocenters. The molecule has 16 nitrogen and oxygen atoms in total. The van der Waals surface area contributed by atoms with Crippen LogP contribution in [0.25, 0.3) is 90.9 Å². The molecule has 538 valence electrons. The summed E-state index contributed by atoms with van der Waals surface area (Å²) in [6, 6.07) is 17.6. The second kappa shape index (κ2) is 36.0. The molecule has 0 spiro atoms. The number of nitrogens with zero attached hydrogens (tertiary/aromatic N) is 2. The molecule has 4 aromatic carbocycles. The molecule has 2 aliphatic rings. The minimum Gasteiger partial charge on any atom is -0.354 e. The lowest BCUT2D eigenvalue weighted by atomic mass is 10.0. The summed E-state index contributed by atoms with van der Waals surface area (Å²) in [5.41, 5.74) is 2.23. The Morgan fingerprint density at radius 3 is 0.680 bits per heavy atom. The van der Waals surface area contributed by atoms with Gasteiger partial charge in [-0.15, -0.1) is 0 Å². The Morgan fingerprint density at radius 2 is 0.480 bits per heavy atom. The van der Waals surface area contributed by atoms with Crippen molar-refractivity contribution in [2.45, 2.75) is 176 Å². The van der Waals surface area contributed by atoms with Crippen LogP contribution < -0.4 is 18.9 Å². The average molecular weight is 1600 g/mol. The zero-order chi connectivity index (χ0) is 72.1. The normalized spacial score (nSPS) is 12.8. The van der Waals surface area contributed by atoms with Crippen molar-refractivity contribution >= 4 is 179 Å². The summed E-state index contributed by atoms with van der Waals surface area (Å²) in [5.74, 6) is 0. The van der Waals surface area contributed by atoms with E-state index in [1.807, 2.05) is 0 Å². The number of hydrogen-bond acceptors (Lipinski definition) is 10. The second-order valence-electron chi connectivity index (χ2n) is 24.7. The Bertz CT molecular complexity index is 4300. The maximum absolute atomic E-state index is 14.5. The SMILES string of the molecule is CCCCCCCNS(=O)(=O)c1ccc(Cl)c(-c2c3nc(c(-c4c(Cl)ccc(S(=O)(=O)NCCCCCCC)c4Cl)c4ccc([nH]4)c(-c4c(Cl)ccc(S(=O)(=O)NCCCCCCC)c4Cl)c4nc(c(-c5c(Cl)ccc(S(=O)(=O)NCCCCCCC)c5Cl)c5ccc2[nH]5)C=C4)C=C3)c1Cl. The third kappa shape index (κ3) is 18.6. The summed E-state index contributed by atoms with van der Waals surface area (Å²) in [4.78, 5) is 16.4. The number of halogens is 8. The number of aromatic amines is 2. The first-order chi connectivity index (χ1) is 47.8. The molecule has 0 unspecified atom stereocenters. The number of unbranched alkanes of at least 4 members (excludes halogenated alkanes) is 16. The summed E-state index contributed by atoms with van der Waals surface area (Å²) < 4.78 is 126. The summed E-state index contributed by atoms with van der Waals surface area (Å²) in [6.45, 7) is 8.91. The highest BCUT2D eigenvalue weighted by atomic mass is 35.5. The van der Waals surface area contributed by atoms with Crippen molar-refractivity contribution in [1.29, 1.82) is 0 Å². The second-order valence-corrected chi connectivity index (χ2v) is 34.8. The zero-order valence-electron chi connectivity index (χ0n) is 56.0. The lowest BCUT2D eigenvalue weighted by Gasteiger charge is -2.15. The van der Waals surface area contributed by atoms with Gasteiger partial charge in [0.25, 0.3) is 0 Å². The zero-order valence-corrected chi connectivity index (χ0v) is 65.3. The number of aromatic nitrogens is 4. The third-order valence-electron chi connectivity index (χ3n) is 17.4. The molecule has 0 fully saturated rings. The Labute approximate surface area is 628 Å². The number of nitrogens with one attached hydrogen (secondary N) is 6. The fourth-order valence-corrected chi connectivity index (χ4v) is 20.3. The van der Waals surface area contributed by atoms with Crippen LogP contribution in [0.4, 0.5) is 0 Å². The van der Waals surface area contributed by atoms with E-state index in [4.69, 9.17) is 103 Å². The van der Waals surface area contributed by atoms with Gasteiger partial charge in [-0.3, -0.25) is 0 Å². The van der Waals surface area contributed by atoms with Crippen LogP contribution in [0.1, 0.15) is 179 Å². The van der Waals surface area contributed by atoms with Crippen molar-refractivity contribution in [3.63, 3.8) is 0 Å². The fourth-order valence-electron chi connectivity index (χ4n) is 12.2. The van der Waals surface area contributed by atoms with Crippen LogP contribution in [0.2, 0.25) is 40.2 Å². The minimum absolute atomic E-state index is 0.0116. The van der Waals surface area contributed by atoms with E-state index in [2.05, 4.69) is 56.6 Å². The molecule has 2 aliphatic heterocycles. The summed E-state index contributed by atoms with van der Waals surface area (Å²) >= 11 is 59.0. The van der Waals surface area contributed by atoms with Gasteiger partial charge in [0, 0.05) is 92.8 Å². The van der Waals surface area contributed by atoms with E-state index in [9.17, 15) is 33.7 Å². The predicted octanol–water partition coefficient (Wildman–Crippen LogP) is 21.5. The summed E-state index contributed by atoms with van der Waals surface area (Å²) in [7, 11) is -17.3. The van der Waals surface area contributed by atoms with Gasteiger partial charge in [0.15, 0.2) is 0 Å². The molecule has 9 rings (SSSR count). The monoisotopic (exact) mass is 1590 g/mol. The molecule has 0 saturated carbocycles. The van der Waals surface area contributed by atoms with Crippen LogP contribution in [0, 0.1) is 0 Å². The minimum atomic E-state index is -4.31. The van der Waals surface area contributed by atoms with Gasteiger partial charge in [0.05, 0.1) is 63.0 Å². The van der Waals surface area contributed by atoms with Gasteiger partial charge in [-0.2, -0.15) is 0 Å². The number of H-pyrrole nitrogens is 2. The highest BCUT2D eigenvalue weighted by Gasteiger charge is 2.32. The van der Waals surface area contributed by atoms with Crippen LogP contribution >= 0.6 is 92.8 Å². The van der Waals surface area contributed by atoms with E-state index in [0.717, 1.165) is 103 Å². The van der Waals surface area contributed by atoms with Gasteiger partial charge in [0.1, 0.15) is 19.6 Å². The quantitative estimate of drug-likeness (QED) is 0.0203. The Morgan fingerprint density at radius 1 is 0.280 bits per heavy atom. The maximum Gasteiger partial charge on any atom is 0.242 e. The molecule has 28 heteroatoms. The van der Waals surface area contributed by atoms with Gasteiger partial charge < -0.3 is 9.97 Å². The van der Waals surface area contributed by atoms with E-state index >= 15 is 0 Å². The molecule has 0 aliphatic carbocycles. The van der Waals surface area contributed by atoms with Gasteiger partial charge in [0.2, 0.25) is 40.1 Å². The standard InChI is InChI=1S/C72H82Cl8N8O8S4/c1-5-9-13-17-21-41-81-97(89,90)57-37-25-45(73)61(69(57)77)65-49-29-31-51(85-49)66(62-46(74)26-38-58(70(62)78)98(91,92)82-42-22-18-14-10-6-2)53-33-35-55(87-53)68(64-48(76)28-40-60(72(64)80)100(95,96)84-44-24-20-16-12-8-4)56-36-34-54(88-56)67(52-32-30-50(65)86-52)63-47(75)27-39-59(71(63)79)99(93,94)83-43-23-19-15-11-7-3/h25-40,81-85,88H,5-24,41-44H2,1-4H3. The first-order valence-corrected chi connectivity index (χ1v) is 42.9. The lowest BCUT2D eigenvalue weighted by Crippen LogP contribution is -2.25. The number of hydrogen-bond donors (Lipinski definition) is 6. The molecule has 3 aromatic heterocycles. The fraction of sp³-hybridized carbons (Fsp3) is 0.389. The van der Waals surface area contributed by atoms with Gasteiger partial charge in [-0.25, -0.2) is 62.5 Å². The number of sulfonamides is 4. The maximum atomic E-state index is 14.5. The van der Waals surface area contributed by atoms with Gasteiger partial charge in [-0.05, 0) is 123 Å². The molecule has 0 amide bonds. The van der Waals surface area contributed by atoms with Crippen LogP contribution in [-0.2, 0) is 40.1 Å². The highest BCUT2D eigenvalue weighted by Crippen LogP contribution is 2.50. The average Bonchev–Trinajstić information content (AvgIpc) is 1.21. The van der Waals surface area contributed by atoms with Gasteiger partial charge >= 0.3 is 0 Å². The number of rotatable bonds is 36. The van der Waals surface area contributed by atoms with Crippen LogP contribution in [0.3, 0.4) is 0 Å². The highest BCUT2D eigenvalue weighted by molar-refractivity contribution is 7.90. The smallest absolute Gasteiger partial charge is 0.242 e. The largest absolute Gasteiger partial charge is 0.354 e. The molecule has 8 bridgehead atoms. The van der Waals surface area contributed by atoms with Crippen molar-refractivity contribution in [1.82, 2.24) is 38.8 Å². The molecule has 100 heavy (non-hydrogen) atoms. The molecule has 0 saturated heterocycles. The third-order valence-corrected chi connectivity index (χ3v) is 26.7. The van der Waals surface area contributed by atoms with Crippen molar-refractivity contribution in [3.8, 4) is 44.5 Å². The lowest BCUT2D eigenvalue weighted by molar-refractivity contribution is 0.569. The Balaban J connectivity index is 1.42. The molecular formula is C72H82Cl8N8O8S4. The van der Waals surface area contributed by atoms with Crippen molar-refractivity contribution in [3.05, 3.63) is 136 Å². The summed E-state index contributed by atoms with van der Waals surface area (Å²) in [5, 5.41) is -1.01. The molecule has 7 aromatic rings. The van der Waals surface area contributed by atoms with E-state index < -0.39 is 40.1 Å². The van der Waals surface area contributed by atoms with Crippen molar-refractivity contribution in [2.24, 2.45) is 0 Å². The number of fused-ring (bicyclic) bond motifs is 8. The van der Waals surface area contributed by atoms with E-state index in [1.54, 1.807) is 48.6 Å². The van der Waals surface area contributed by atoms with E-state index in [-0.39, 0.29) is 175 Å². The molecular weight excluding hydrogens is 1520 g/mol. The first-order valence-electron chi connectivity index (χ1n) is 33.9. The van der Waals surface area contributed by atoms with Crippen LogP contribution in [0.15, 0.2) is 92.4 Å². The molecule has 5 heterocycles. The van der Waals surface area contributed by atoms with Gasteiger partial charge in [-0.1, -0.05) is 223 Å². The summed E-state index contributed by atoms with van der Waals surface area (Å²) in [6.07, 6.45) is 23.8. The Hall–Kier alpha value is -4.56. The van der Waals surface area contributed by atoms with Crippen LogP contribution in [-0.4, -0.2) is 79.8 Å². The molecule has 0 radical (unpaired) electrons. The number of benzene rings is 4. The van der Waals surface area contributed by atoms with Crippen molar-refractivity contribution in [2.75, 3.05) is 26.2 Å². The van der Waals surface area contributed by atoms with Crippen LogP contribution in [0.5, 0.6) is 0 Å². The van der Waals surface area contributed by atoms with E-state index in [0.29, 0.717) is 25.7 Å². The van der Waals surface area contributed by atoms with Crippen molar-refractivity contribution < 1.29 is 33.7 Å². The predicted molar refractivity (Wildman–Crippen MR) is 416 cm³/mol.